The first-order chi connectivity index (χ1) is 10.9. The standard InChI is InChI=1S/C17H16O5S/c1-17(2)16(18)14(13-4-3-9-21-13)15(22-17)12-7-5-11(6-8-12)10-23(19)20/h3-9,23H,10H2,1-2H3. The van der Waals surface area contributed by atoms with Crippen LogP contribution in [0.15, 0.2) is 47.1 Å². The smallest absolute Gasteiger partial charge is 0.213 e. The van der Waals surface area contributed by atoms with Crippen LogP contribution in [0.25, 0.3) is 11.3 Å². The van der Waals surface area contributed by atoms with Crippen LogP contribution in [-0.4, -0.2) is 19.8 Å². The van der Waals surface area contributed by atoms with Crippen LogP contribution in [-0.2, 0) is 26.0 Å². The van der Waals surface area contributed by atoms with E-state index >= 15 is 0 Å². The molecule has 6 heteroatoms. The van der Waals surface area contributed by atoms with Gasteiger partial charge in [-0.2, -0.15) is 0 Å². The minimum atomic E-state index is -2.47. The zero-order valence-electron chi connectivity index (χ0n) is 12.7. The summed E-state index contributed by atoms with van der Waals surface area (Å²) in [7, 11) is -2.47. The van der Waals surface area contributed by atoms with Gasteiger partial charge in [-0.15, -0.1) is 0 Å². The number of rotatable bonds is 4. The lowest BCUT2D eigenvalue weighted by Gasteiger charge is -2.17. The Labute approximate surface area is 135 Å². The van der Waals surface area contributed by atoms with Gasteiger partial charge in [0.2, 0.25) is 5.78 Å². The molecule has 2 aromatic rings. The molecule has 0 amide bonds. The van der Waals surface area contributed by atoms with E-state index in [1.54, 1.807) is 50.2 Å². The minimum Gasteiger partial charge on any atom is -0.478 e. The molecule has 0 saturated heterocycles. The summed E-state index contributed by atoms with van der Waals surface area (Å²) < 4.78 is 32.8. The van der Waals surface area contributed by atoms with Gasteiger partial charge in [0.1, 0.15) is 27.8 Å². The molecular weight excluding hydrogens is 316 g/mol. The van der Waals surface area contributed by atoms with E-state index in [4.69, 9.17) is 9.15 Å². The number of thiol groups is 1. The normalized spacial score (nSPS) is 16.9. The van der Waals surface area contributed by atoms with Gasteiger partial charge in [0.15, 0.2) is 5.60 Å². The number of hydrogen-bond donors (Lipinski definition) is 1. The Hall–Kier alpha value is -2.34. The average Bonchev–Trinajstić information content (AvgIpc) is 3.07. The van der Waals surface area contributed by atoms with Crippen molar-refractivity contribution < 1.29 is 22.4 Å². The topological polar surface area (TPSA) is 73.6 Å². The first kappa shape index (κ1) is 15.6. The van der Waals surface area contributed by atoms with Crippen molar-refractivity contribution in [3.05, 3.63) is 59.5 Å². The van der Waals surface area contributed by atoms with Crippen LogP contribution in [0.2, 0.25) is 0 Å². The Morgan fingerprint density at radius 2 is 1.78 bits per heavy atom. The molecule has 5 nitrogen and oxygen atoms in total. The second kappa shape index (κ2) is 5.70. The molecule has 0 spiro atoms. The molecule has 3 rings (SSSR count). The monoisotopic (exact) mass is 332 g/mol. The number of ketones is 1. The van der Waals surface area contributed by atoms with E-state index in [-0.39, 0.29) is 11.5 Å². The maximum Gasteiger partial charge on any atom is 0.213 e. The predicted octanol–water partition coefficient (Wildman–Crippen LogP) is 2.64. The summed E-state index contributed by atoms with van der Waals surface area (Å²) in [4.78, 5) is 12.6. The molecule has 0 aliphatic carbocycles. The van der Waals surface area contributed by atoms with Crippen molar-refractivity contribution in [1.29, 1.82) is 0 Å². The van der Waals surface area contributed by atoms with Crippen LogP contribution in [0.1, 0.15) is 30.7 Å². The van der Waals surface area contributed by atoms with E-state index in [1.807, 2.05) is 0 Å². The van der Waals surface area contributed by atoms with Gasteiger partial charge in [0.05, 0.1) is 12.0 Å². The third-order valence-electron chi connectivity index (χ3n) is 3.65. The molecule has 1 aliphatic heterocycles. The summed E-state index contributed by atoms with van der Waals surface area (Å²) in [5, 5.41) is 0. The molecule has 0 bridgehead atoms. The number of carbonyl (C=O) groups is 1. The molecular formula is C17H16O5S. The van der Waals surface area contributed by atoms with Crippen molar-refractivity contribution in [3.8, 4) is 0 Å². The van der Waals surface area contributed by atoms with Crippen molar-refractivity contribution in [2.45, 2.75) is 25.2 Å². The number of furan rings is 1. The van der Waals surface area contributed by atoms with E-state index in [0.717, 1.165) is 0 Å². The number of ether oxygens (including phenoxy) is 1. The summed E-state index contributed by atoms with van der Waals surface area (Å²) in [5.74, 6) is 0.759. The van der Waals surface area contributed by atoms with E-state index in [9.17, 15) is 13.2 Å². The summed E-state index contributed by atoms with van der Waals surface area (Å²) in [5.41, 5.74) is 0.838. The van der Waals surface area contributed by atoms with Gasteiger partial charge in [0, 0.05) is 5.56 Å². The number of carbonyl (C=O) groups excluding carboxylic acids is 1. The maximum absolute atomic E-state index is 12.6. The van der Waals surface area contributed by atoms with Gasteiger partial charge in [-0.05, 0) is 31.5 Å². The van der Waals surface area contributed by atoms with Gasteiger partial charge in [-0.3, -0.25) is 4.79 Å². The highest BCUT2D eigenvalue weighted by Gasteiger charge is 2.43. The first-order valence-corrected chi connectivity index (χ1v) is 8.48. The fourth-order valence-corrected chi connectivity index (χ4v) is 3.02. The van der Waals surface area contributed by atoms with Gasteiger partial charge >= 0.3 is 0 Å². The molecule has 0 atom stereocenters. The second-order valence-corrected chi connectivity index (χ2v) is 6.79. The molecule has 0 unspecified atom stereocenters. The zero-order chi connectivity index (χ0) is 16.6. The highest BCUT2D eigenvalue weighted by atomic mass is 32.2. The molecule has 23 heavy (non-hydrogen) atoms. The second-order valence-electron chi connectivity index (χ2n) is 5.81. The van der Waals surface area contributed by atoms with Crippen molar-refractivity contribution in [3.63, 3.8) is 0 Å². The first-order valence-electron chi connectivity index (χ1n) is 7.11. The molecule has 0 saturated carbocycles. The van der Waals surface area contributed by atoms with Gasteiger partial charge in [-0.1, -0.05) is 24.3 Å². The Morgan fingerprint density at radius 1 is 1.09 bits per heavy atom. The predicted molar refractivity (Wildman–Crippen MR) is 86.2 cm³/mol. The Morgan fingerprint density at radius 3 is 2.35 bits per heavy atom. The summed E-state index contributed by atoms with van der Waals surface area (Å²) in [6.45, 7) is 3.42. The van der Waals surface area contributed by atoms with E-state index in [2.05, 4.69) is 0 Å². The summed E-state index contributed by atoms with van der Waals surface area (Å²) >= 11 is 0. The van der Waals surface area contributed by atoms with Crippen LogP contribution in [0.5, 0.6) is 0 Å². The third kappa shape index (κ3) is 2.94. The molecule has 1 aromatic heterocycles. The Balaban J connectivity index is 2.06. The lowest BCUT2D eigenvalue weighted by molar-refractivity contribution is -0.125. The van der Waals surface area contributed by atoms with Gasteiger partial charge < -0.3 is 9.15 Å². The highest BCUT2D eigenvalue weighted by Crippen LogP contribution is 2.41. The number of hydrogen-bond acceptors (Lipinski definition) is 5. The van der Waals surface area contributed by atoms with E-state index < -0.39 is 16.3 Å². The number of Topliss-reactive ketones (excluding diaryl/α,β-unsaturated/α-hetero) is 1. The van der Waals surface area contributed by atoms with Crippen LogP contribution in [0.3, 0.4) is 0 Å². The van der Waals surface area contributed by atoms with Crippen LogP contribution < -0.4 is 0 Å². The van der Waals surface area contributed by atoms with Crippen molar-refractivity contribution in [1.82, 2.24) is 0 Å². The highest BCUT2D eigenvalue weighted by molar-refractivity contribution is 7.71. The quantitative estimate of drug-likeness (QED) is 0.871. The largest absolute Gasteiger partial charge is 0.478 e. The van der Waals surface area contributed by atoms with Crippen molar-refractivity contribution in [2.75, 3.05) is 0 Å². The molecule has 0 radical (unpaired) electrons. The van der Waals surface area contributed by atoms with Crippen molar-refractivity contribution >= 4 is 27.8 Å². The average molecular weight is 332 g/mol. The van der Waals surface area contributed by atoms with Gasteiger partial charge in [-0.25, -0.2) is 8.42 Å². The fraction of sp³-hybridized carbons (Fsp3) is 0.235. The van der Waals surface area contributed by atoms with Crippen LogP contribution >= 0.6 is 0 Å². The third-order valence-corrected chi connectivity index (χ3v) is 4.28. The Kier molecular flexibility index (Phi) is 3.85. The maximum atomic E-state index is 12.6. The summed E-state index contributed by atoms with van der Waals surface area (Å²) in [6.07, 6.45) is 1.51. The van der Waals surface area contributed by atoms with E-state index in [1.165, 1.54) is 6.26 Å². The Bertz CT molecular complexity index is 832. The molecule has 0 fully saturated rings. The SMILES string of the molecule is CC1(C)OC(c2ccc(C[SH](=O)=O)cc2)=C(c2ccco2)C1=O. The van der Waals surface area contributed by atoms with Gasteiger partial charge in [0.25, 0.3) is 0 Å². The van der Waals surface area contributed by atoms with Crippen LogP contribution in [0, 0.1) is 0 Å². The summed E-state index contributed by atoms with van der Waals surface area (Å²) in [6, 6.07) is 10.4. The van der Waals surface area contributed by atoms with Crippen LogP contribution in [0.4, 0.5) is 0 Å². The lowest BCUT2D eigenvalue weighted by Crippen LogP contribution is -2.29. The molecule has 1 aliphatic rings. The molecule has 120 valence electrons. The molecule has 1 aromatic carbocycles. The van der Waals surface area contributed by atoms with Crippen molar-refractivity contribution in [2.24, 2.45) is 0 Å². The number of benzene rings is 1. The molecule has 2 heterocycles. The minimum absolute atomic E-state index is 0.00895. The van der Waals surface area contributed by atoms with E-state index in [0.29, 0.717) is 28.2 Å². The zero-order valence-corrected chi connectivity index (χ0v) is 13.6. The molecule has 0 N–H and O–H groups in total. The fourth-order valence-electron chi connectivity index (χ4n) is 2.52. The lowest BCUT2D eigenvalue weighted by atomic mass is 9.96.